The number of carbonyl (C=O) groups excluding carboxylic acids is 1. The Balaban J connectivity index is 2.04. The lowest BCUT2D eigenvalue weighted by atomic mass is 10.2. The third-order valence-corrected chi connectivity index (χ3v) is 2.69. The molecular weight excluding hydrogens is 224 g/mol. The molecule has 1 aliphatic rings. The van der Waals surface area contributed by atoms with Crippen molar-refractivity contribution in [3.63, 3.8) is 0 Å². The Morgan fingerprint density at radius 2 is 2.47 bits per heavy atom. The zero-order valence-electron chi connectivity index (χ0n) is 10.0. The Morgan fingerprint density at radius 1 is 1.65 bits per heavy atom. The first-order chi connectivity index (χ1) is 8.22. The highest BCUT2D eigenvalue weighted by Crippen LogP contribution is 2.27. The van der Waals surface area contributed by atoms with E-state index in [0.29, 0.717) is 12.4 Å². The summed E-state index contributed by atoms with van der Waals surface area (Å²) in [6.45, 7) is 4.51. The highest BCUT2D eigenvalue weighted by Gasteiger charge is 2.27. The maximum absolute atomic E-state index is 11.5. The van der Waals surface area contributed by atoms with Crippen LogP contribution in [-0.2, 0) is 14.3 Å². The van der Waals surface area contributed by atoms with E-state index in [1.165, 1.54) is 0 Å². The van der Waals surface area contributed by atoms with Crippen LogP contribution in [-0.4, -0.2) is 29.3 Å². The van der Waals surface area contributed by atoms with E-state index in [4.69, 9.17) is 14.0 Å². The number of carbonyl (C=O) groups is 1. The zero-order chi connectivity index (χ0) is 12.3. The lowest BCUT2D eigenvalue weighted by molar-refractivity contribution is -0.145. The van der Waals surface area contributed by atoms with Crippen LogP contribution in [0.15, 0.2) is 4.52 Å². The second-order valence-electron chi connectivity index (χ2n) is 3.97. The van der Waals surface area contributed by atoms with Gasteiger partial charge >= 0.3 is 5.97 Å². The van der Waals surface area contributed by atoms with Crippen molar-refractivity contribution in [1.82, 2.24) is 10.1 Å². The van der Waals surface area contributed by atoms with E-state index in [2.05, 4.69) is 10.1 Å². The predicted octanol–water partition coefficient (Wildman–Crippen LogP) is 1.59. The minimum atomic E-state index is -0.530. The van der Waals surface area contributed by atoms with Gasteiger partial charge in [0.2, 0.25) is 11.7 Å². The number of rotatable bonds is 4. The van der Waals surface area contributed by atoms with E-state index in [9.17, 15) is 4.79 Å². The smallest absolute Gasteiger partial charge is 0.318 e. The van der Waals surface area contributed by atoms with Gasteiger partial charge in [-0.05, 0) is 26.7 Å². The van der Waals surface area contributed by atoms with Crippen LogP contribution >= 0.6 is 0 Å². The van der Waals surface area contributed by atoms with E-state index in [0.717, 1.165) is 19.4 Å². The topological polar surface area (TPSA) is 74.5 Å². The molecule has 2 heterocycles. The first-order valence-corrected chi connectivity index (χ1v) is 5.84. The van der Waals surface area contributed by atoms with E-state index in [1.807, 2.05) is 0 Å². The summed E-state index contributed by atoms with van der Waals surface area (Å²) in [5, 5.41) is 3.84. The third-order valence-electron chi connectivity index (χ3n) is 2.69. The minimum absolute atomic E-state index is 0.0955. The Labute approximate surface area is 99.3 Å². The molecule has 0 spiro atoms. The molecule has 17 heavy (non-hydrogen) atoms. The van der Waals surface area contributed by atoms with Crippen LogP contribution in [0.5, 0.6) is 0 Å². The largest absolute Gasteiger partial charge is 0.465 e. The van der Waals surface area contributed by atoms with Crippen LogP contribution in [0.25, 0.3) is 0 Å². The van der Waals surface area contributed by atoms with Crippen molar-refractivity contribution in [3.05, 3.63) is 11.7 Å². The van der Waals surface area contributed by atoms with Gasteiger partial charge in [-0.25, -0.2) is 0 Å². The fraction of sp³-hybridized carbons (Fsp3) is 0.727. The SMILES string of the molecule is CCOC(=O)C(C)c1nc(C2CCCO2)no1. The standard InChI is InChI=1S/C11H16N2O4/c1-3-15-11(14)7(2)10-12-9(13-17-10)8-5-4-6-16-8/h7-8H,3-6H2,1-2H3. The molecule has 0 saturated carbocycles. The number of hydrogen-bond donors (Lipinski definition) is 0. The van der Waals surface area contributed by atoms with Crippen LogP contribution < -0.4 is 0 Å². The highest BCUT2D eigenvalue weighted by atomic mass is 16.5. The van der Waals surface area contributed by atoms with E-state index < -0.39 is 5.92 Å². The minimum Gasteiger partial charge on any atom is -0.465 e. The van der Waals surface area contributed by atoms with Crippen molar-refractivity contribution in [2.24, 2.45) is 0 Å². The number of esters is 1. The van der Waals surface area contributed by atoms with Gasteiger partial charge in [0.25, 0.3) is 0 Å². The quantitative estimate of drug-likeness (QED) is 0.744. The fourth-order valence-corrected chi connectivity index (χ4v) is 1.70. The van der Waals surface area contributed by atoms with Crippen molar-refractivity contribution in [3.8, 4) is 0 Å². The second-order valence-corrected chi connectivity index (χ2v) is 3.97. The third kappa shape index (κ3) is 2.63. The van der Waals surface area contributed by atoms with Gasteiger partial charge in [0.05, 0.1) is 6.61 Å². The highest BCUT2D eigenvalue weighted by molar-refractivity contribution is 5.76. The van der Waals surface area contributed by atoms with Crippen molar-refractivity contribution in [1.29, 1.82) is 0 Å². The Bertz CT molecular complexity index is 385. The van der Waals surface area contributed by atoms with Crippen molar-refractivity contribution in [2.75, 3.05) is 13.2 Å². The van der Waals surface area contributed by atoms with Crippen molar-refractivity contribution in [2.45, 2.75) is 38.7 Å². The van der Waals surface area contributed by atoms with E-state index >= 15 is 0 Å². The Kier molecular flexibility index (Phi) is 3.73. The van der Waals surface area contributed by atoms with Gasteiger partial charge in [0, 0.05) is 6.61 Å². The van der Waals surface area contributed by atoms with Gasteiger partial charge in [-0.2, -0.15) is 4.98 Å². The summed E-state index contributed by atoms with van der Waals surface area (Å²) in [5.41, 5.74) is 0. The average Bonchev–Trinajstić information content (AvgIpc) is 2.98. The normalized spacial score (nSPS) is 21.4. The van der Waals surface area contributed by atoms with Gasteiger partial charge < -0.3 is 14.0 Å². The summed E-state index contributed by atoms with van der Waals surface area (Å²) in [7, 11) is 0. The molecule has 0 N–H and O–H groups in total. The lowest BCUT2D eigenvalue weighted by Gasteiger charge is -2.05. The Hall–Kier alpha value is -1.43. The maximum Gasteiger partial charge on any atom is 0.318 e. The van der Waals surface area contributed by atoms with Gasteiger partial charge in [-0.3, -0.25) is 4.79 Å². The van der Waals surface area contributed by atoms with E-state index in [-0.39, 0.29) is 18.0 Å². The van der Waals surface area contributed by atoms with Crippen LogP contribution in [0.3, 0.4) is 0 Å². The van der Waals surface area contributed by atoms with Crippen LogP contribution in [0.4, 0.5) is 0 Å². The fourth-order valence-electron chi connectivity index (χ4n) is 1.70. The molecule has 94 valence electrons. The predicted molar refractivity (Wildman–Crippen MR) is 57.3 cm³/mol. The second kappa shape index (κ2) is 5.27. The molecule has 0 radical (unpaired) electrons. The van der Waals surface area contributed by atoms with Crippen LogP contribution in [0.2, 0.25) is 0 Å². The molecule has 1 saturated heterocycles. The molecule has 0 bridgehead atoms. The van der Waals surface area contributed by atoms with Gasteiger partial charge in [-0.1, -0.05) is 5.16 Å². The summed E-state index contributed by atoms with van der Waals surface area (Å²) in [6, 6.07) is 0. The molecular formula is C11H16N2O4. The molecule has 0 amide bonds. The summed E-state index contributed by atoms with van der Waals surface area (Å²) in [6.07, 6.45) is 1.80. The Morgan fingerprint density at radius 3 is 3.12 bits per heavy atom. The molecule has 0 aromatic carbocycles. The molecule has 1 aliphatic heterocycles. The molecule has 6 heteroatoms. The van der Waals surface area contributed by atoms with Crippen LogP contribution in [0, 0.1) is 0 Å². The van der Waals surface area contributed by atoms with Crippen molar-refractivity contribution >= 4 is 5.97 Å². The molecule has 2 rings (SSSR count). The first kappa shape index (κ1) is 12.0. The molecule has 1 aromatic rings. The van der Waals surface area contributed by atoms with E-state index in [1.54, 1.807) is 13.8 Å². The number of hydrogen-bond acceptors (Lipinski definition) is 6. The molecule has 6 nitrogen and oxygen atoms in total. The summed E-state index contributed by atoms with van der Waals surface area (Å²) < 4.78 is 15.4. The van der Waals surface area contributed by atoms with Gasteiger partial charge in [0.1, 0.15) is 12.0 Å². The number of aromatic nitrogens is 2. The average molecular weight is 240 g/mol. The van der Waals surface area contributed by atoms with Gasteiger partial charge in [0.15, 0.2) is 0 Å². The molecule has 0 aliphatic carbocycles. The van der Waals surface area contributed by atoms with Crippen LogP contribution in [0.1, 0.15) is 50.4 Å². The number of ether oxygens (including phenoxy) is 2. The molecule has 2 unspecified atom stereocenters. The maximum atomic E-state index is 11.5. The summed E-state index contributed by atoms with van der Waals surface area (Å²) >= 11 is 0. The van der Waals surface area contributed by atoms with Gasteiger partial charge in [-0.15, -0.1) is 0 Å². The lowest BCUT2D eigenvalue weighted by Crippen LogP contribution is -2.13. The molecule has 2 atom stereocenters. The molecule has 1 aromatic heterocycles. The zero-order valence-corrected chi connectivity index (χ0v) is 10.0. The summed E-state index contributed by atoms with van der Waals surface area (Å²) in [4.78, 5) is 15.7. The molecule has 1 fully saturated rings. The first-order valence-electron chi connectivity index (χ1n) is 5.84. The monoisotopic (exact) mass is 240 g/mol. The number of nitrogens with zero attached hydrogens (tertiary/aromatic N) is 2. The van der Waals surface area contributed by atoms with Crippen molar-refractivity contribution < 1.29 is 18.8 Å². The summed E-state index contributed by atoms with van der Waals surface area (Å²) in [5.74, 6) is -0.0739.